The molecule has 0 spiro atoms. The maximum Gasteiger partial charge on any atom is 0.412 e. The van der Waals surface area contributed by atoms with E-state index in [-0.39, 0.29) is 0 Å². The summed E-state index contributed by atoms with van der Waals surface area (Å²) in [6.07, 6.45) is -0.526. The Morgan fingerprint density at radius 2 is 1.83 bits per heavy atom. The van der Waals surface area contributed by atoms with Crippen molar-refractivity contribution in [2.45, 2.75) is 13.5 Å². The van der Waals surface area contributed by atoms with E-state index in [9.17, 15) is 4.79 Å². The van der Waals surface area contributed by atoms with E-state index in [0.29, 0.717) is 44.8 Å². The van der Waals surface area contributed by atoms with Crippen molar-refractivity contribution in [2.24, 2.45) is 0 Å². The molecule has 0 aliphatic carbocycles. The summed E-state index contributed by atoms with van der Waals surface area (Å²) >= 11 is 12.5. The molecule has 1 aromatic heterocycles. The number of fused-ring (bicyclic) bond motifs is 1. The SMILES string of the molecule is Cc1ccccc1CNC(=O)Oc1ccc2nc(-c3c(Cl)cccc3Cl)[nH]c2c1. The summed E-state index contributed by atoms with van der Waals surface area (Å²) in [6.45, 7) is 2.39. The van der Waals surface area contributed by atoms with Crippen LogP contribution in [0.5, 0.6) is 5.75 Å². The minimum atomic E-state index is -0.526. The molecule has 0 saturated heterocycles. The van der Waals surface area contributed by atoms with Crippen molar-refractivity contribution in [1.82, 2.24) is 15.3 Å². The van der Waals surface area contributed by atoms with Crippen LogP contribution in [0.1, 0.15) is 11.1 Å². The average Bonchev–Trinajstić information content (AvgIpc) is 3.10. The van der Waals surface area contributed by atoms with E-state index >= 15 is 0 Å². The van der Waals surface area contributed by atoms with Crippen molar-refractivity contribution < 1.29 is 9.53 Å². The van der Waals surface area contributed by atoms with Crippen LogP contribution >= 0.6 is 23.2 Å². The second kappa shape index (κ2) is 8.15. The number of carbonyl (C=O) groups is 1. The Labute approximate surface area is 177 Å². The monoisotopic (exact) mass is 425 g/mol. The minimum Gasteiger partial charge on any atom is -0.410 e. The van der Waals surface area contributed by atoms with Crippen LogP contribution in [0.25, 0.3) is 22.4 Å². The van der Waals surface area contributed by atoms with Gasteiger partial charge in [-0.25, -0.2) is 9.78 Å². The van der Waals surface area contributed by atoms with Crippen LogP contribution in [-0.2, 0) is 6.54 Å². The van der Waals surface area contributed by atoms with Crippen LogP contribution < -0.4 is 10.1 Å². The first-order valence-corrected chi connectivity index (χ1v) is 9.71. The van der Waals surface area contributed by atoms with E-state index in [1.54, 1.807) is 36.4 Å². The van der Waals surface area contributed by atoms with E-state index < -0.39 is 6.09 Å². The lowest BCUT2D eigenvalue weighted by Crippen LogP contribution is -2.26. The molecule has 1 heterocycles. The van der Waals surface area contributed by atoms with Crippen molar-refractivity contribution in [3.8, 4) is 17.1 Å². The van der Waals surface area contributed by atoms with Crippen molar-refractivity contribution in [1.29, 1.82) is 0 Å². The molecule has 0 saturated carbocycles. The number of amides is 1. The lowest BCUT2D eigenvalue weighted by molar-refractivity contribution is 0.200. The number of nitrogens with one attached hydrogen (secondary N) is 2. The number of nitrogens with zero attached hydrogens (tertiary/aromatic N) is 1. The first-order valence-electron chi connectivity index (χ1n) is 8.95. The van der Waals surface area contributed by atoms with E-state index in [1.165, 1.54) is 0 Å². The van der Waals surface area contributed by atoms with Gasteiger partial charge in [0.2, 0.25) is 0 Å². The van der Waals surface area contributed by atoms with Crippen LogP contribution in [0.4, 0.5) is 4.79 Å². The van der Waals surface area contributed by atoms with Gasteiger partial charge in [0.05, 0.1) is 26.6 Å². The average molecular weight is 426 g/mol. The van der Waals surface area contributed by atoms with Crippen LogP contribution in [-0.4, -0.2) is 16.1 Å². The Balaban J connectivity index is 1.50. The molecule has 0 aliphatic rings. The lowest BCUT2D eigenvalue weighted by atomic mass is 10.1. The topological polar surface area (TPSA) is 67.0 Å². The van der Waals surface area contributed by atoms with E-state index in [1.807, 2.05) is 31.2 Å². The molecule has 0 unspecified atom stereocenters. The normalized spacial score (nSPS) is 10.9. The number of hydrogen-bond acceptors (Lipinski definition) is 3. The number of aromatic amines is 1. The highest BCUT2D eigenvalue weighted by Crippen LogP contribution is 2.34. The molecule has 0 radical (unpaired) electrons. The number of carbonyl (C=O) groups excluding carboxylic acids is 1. The number of benzene rings is 3. The van der Waals surface area contributed by atoms with Crippen molar-refractivity contribution >= 4 is 40.3 Å². The largest absolute Gasteiger partial charge is 0.412 e. The third-order valence-electron chi connectivity index (χ3n) is 4.55. The zero-order valence-corrected chi connectivity index (χ0v) is 17.0. The number of aryl methyl sites for hydroxylation is 1. The van der Waals surface area contributed by atoms with Crippen LogP contribution in [0.3, 0.4) is 0 Å². The summed E-state index contributed by atoms with van der Waals surface area (Å²) in [7, 11) is 0. The Bertz CT molecular complexity index is 1180. The first-order chi connectivity index (χ1) is 14.0. The van der Waals surface area contributed by atoms with Gasteiger partial charge in [-0.15, -0.1) is 0 Å². The van der Waals surface area contributed by atoms with Gasteiger partial charge in [0.15, 0.2) is 0 Å². The fourth-order valence-corrected chi connectivity index (χ4v) is 3.59. The van der Waals surface area contributed by atoms with Crippen LogP contribution in [0.2, 0.25) is 10.0 Å². The third-order valence-corrected chi connectivity index (χ3v) is 5.18. The number of aromatic nitrogens is 2. The standard InChI is InChI=1S/C22H17Cl2N3O2/c1-13-5-2-3-6-14(13)12-25-22(28)29-15-9-10-18-19(11-15)27-21(26-18)20-16(23)7-4-8-17(20)24/h2-11H,12H2,1H3,(H,25,28)(H,26,27). The fraction of sp³-hybridized carbons (Fsp3) is 0.0909. The molecule has 5 nitrogen and oxygen atoms in total. The maximum absolute atomic E-state index is 12.2. The molecular weight excluding hydrogens is 409 g/mol. The molecule has 0 bridgehead atoms. The fourth-order valence-electron chi connectivity index (χ4n) is 3.01. The number of halogens is 2. The van der Waals surface area contributed by atoms with Gasteiger partial charge >= 0.3 is 6.09 Å². The summed E-state index contributed by atoms with van der Waals surface area (Å²) in [5, 5.41) is 3.77. The first kappa shape index (κ1) is 19.3. The Morgan fingerprint density at radius 1 is 1.07 bits per heavy atom. The predicted octanol–water partition coefficient (Wildman–Crippen LogP) is 6.13. The molecule has 0 fully saturated rings. The number of imidazole rings is 1. The second-order valence-electron chi connectivity index (χ2n) is 6.53. The third kappa shape index (κ3) is 4.21. The Hall–Kier alpha value is -3.02. The summed E-state index contributed by atoms with van der Waals surface area (Å²) in [5.41, 5.74) is 4.20. The Kier molecular flexibility index (Phi) is 5.43. The van der Waals surface area contributed by atoms with Gasteiger partial charge in [-0.3, -0.25) is 0 Å². The van der Waals surface area contributed by atoms with Gasteiger partial charge in [-0.1, -0.05) is 53.5 Å². The smallest absolute Gasteiger partial charge is 0.410 e. The van der Waals surface area contributed by atoms with Crippen molar-refractivity contribution in [2.75, 3.05) is 0 Å². The van der Waals surface area contributed by atoms with Crippen LogP contribution in [0, 0.1) is 6.92 Å². The van der Waals surface area contributed by atoms with Crippen molar-refractivity contribution in [3.05, 3.63) is 81.8 Å². The van der Waals surface area contributed by atoms with Crippen LogP contribution in [0.15, 0.2) is 60.7 Å². The lowest BCUT2D eigenvalue weighted by Gasteiger charge is -2.08. The minimum absolute atomic E-state index is 0.396. The molecule has 0 aliphatic heterocycles. The number of ether oxygens (including phenoxy) is 1. The molecular formula is C22H17Cl2N3O2. The van der Waals surface area contributed by atoms with Gasteiger partial charge in [0, 0.05) is 12.6 Å². The summed E-state index contributed by atoms with van der Waals surface area (Å²) in [6, 6.07) is 18.3. The quantitative estimate of drug-likeness (QED) is 0.412. The summed E-state index contributed by atoms with van der Waals surface area (Å²) in [5.74, 6) is 0.956. The van der Waals surface area contributed by atoms with Gasteiger partial charge < -0.3 is 15.0 Å². The molecule has 1 amide bonds. The number of H-pyrrole nitrogens is 1. The van der Waals surface area contributed by atoms with E-state index in [0.717, 1.165) is 11.1 Å². The molecule has 4 rings (SSSR count). The number of hydrogen-bond donors (Lipinski definition) is 2. The van der Waals surface area contributed by atoms with Gasteiger partial charge in [0.1, 0.15) is 11.6 Å². The Morgan fingerprint density at radius 3 is 2.59 bits per heavy atom. The van der Waals surface area contributed by atoms with Gasteiger partial charge in [0.25, 0.3) is 0 Å². The summed E-state index contributed by atoms with van der Waals surface area (Å²) in [4.78, 5) is 19.9. The molecule has 4 aromatic rings. The van der Waals surface area contributed by atoms with Gasteiger partial charge in [-0.2, -0.15) is 0 Å². The zero-order chi connectivity index (χ0) is 20.4. The van der Waals surface area contributed by atoms with Crippen molar-refractivity contribution in [3.63, 3.8) is 0 Å². The second-order valence-corrected chi connectivity index (χ2v) is 7.34. The highest BCUT2D eigenvalue weighted by Gasteiger charge is 2.14. The molecule has 7 heteroatoms. The predicted molar refractivity (Wildman–Crippen MR) is 116 cm³/mol. The molecule has 3 aromatic carbocycles. The highest BCUT2D eigenvalue weighted by atomic mass is 35.5. The van der Waals surface area contributed by atoms with E-state index in [4.69, 9.17) is 27.9 Å². The molecule has 146 valence electrons. The highest BCUT2D eigenvalue weighted by molar-refractivity contribution is 6.39. The van der Waals surface area contributed by atoms with Gasteiger partial charge in [-0.05, 0) is 42.3 Å². The molecule has 2 N–H and O–H groups in total. The van der Waals surface area contributed by atoms with E-state index in [2.05, 4.69) is 15.3 Å². The molecule has 29 heavy (non-hydrogen) atoms. The molecule has 0 atom stereocenters. The zero-order valence-electron chi connectivity index (χ0n) is 15.5. The number of rotatable bonds is 4. The maximum atomic E-state index is 12.2. The summed E-state index contributed by atoms with van der Waals surface area (Å²) < 4.78 is 5.40.